The fourth-order valence-electron chi connectivity index (χ4n) is 2.03. The summed E-state index contributed by atoms with van der Waals surface area (Å²) in [5.41, 5.74) is 2.96. The molecule has 0 amide bonds. The topological polar surface area (TPSA) is 40.7 Å². The van der Waals surface area contributed by atoms with Crippen molar-refractivity contribution in [3.63, 3.8) is 0 Å². The zero-order chi connectivity index (χ0) is 12.5. The summed E-state index contributed by atoms with van der Waals surface area (Å²) >= 11 is 0. The van der Waals surface area contributed by atoms with Crippen LogP contribution < -0.4 is 5.32 Å². The summed E-state index contributed by atoms with van der Waals surface area (Å²) in [5.74, 6) is 0.358. The number of hydrogen-bond acceptors (Lipinski definition) is 2. The van der Waals surface area contributed by atoms with E-state index in [-0.39, 0.29) is 5.82 Å². The molecule has 2 aromatic carbocycles. The number of aromatic amines is 1. The summed E-state index contributed by atoms with van der Waals surface area (Å²) < 4.78 is 13.6. The van der Waals surface area contributed by atoms with Crippen LogP contribution in [0, 0.1) is 5.82 Å². The van der Waals surface area contributed by atoms with Crippen molar-refractivity contribution < 1.29 is 4.39 Å². The van der Waals surface area contributed by atoms with Crippen molar-refractivity contribution in [2.45, 2.75) is 0 Å². The summed E-state index contributed by atoms with van der Waals surface area (Å²) in [7, 11) is 1.85. The number of nitrogens with one attached hydrogen (secondary N) is 2. The van der Waals surface area contributed by atoms with Gasteiger partial charge < -0.3 is 10.3 Å². The molecule has 1 heterocycles. The number of fused-ring (bicyclic) bond motifs is 1. The van der Waals surface area contributed by atoms with Gasteiger partial charge in [0, 0.05) is 18.3 Å². The fourth-order valence-corrected chi connectivity index (χ4v) is 2.03. The molecule has 4 heteroatoms. The first-order valence-corrected chi connectivity index (χ1v) is 5.71. The molecular weight excluding hydrogens is 229 g/mol. The number of nitrogens with zero attached hydrogens (tertiary/aromatic N) is 1. The second-order valence-corrected chi connectivity index (χ2v) is 4.02. The lowest BCUT2D eigenvalue weighted by molar-refractivity contribution is 0.637. The first-order chi connectivity index (χ1) is 8.79. The molecule has 18 heavy (non-hydrogen) atoms. The molecule has 0 saturated carbocycles. The monoisotopic (exact) mass is 241 g/mol. The molecule has 0 aliphatic heterocycles. The maximum Gasteiger partial charge on any atom is 0.151 e. The lowest BCUT2D eigenvalue weighted by atomic mass is 10.1. The van der Waals surface area contributed by atoms with Crippen molar-refractivity contribution in [3.8, 4) is 11.4 Å². The molecule has 2 N–H and O–H groups in total. The van der Waals surface area contributed by atoms with Crippen molar-refractivity contribution in [2.24, 2.45) is 0 Å². The van der Waals surface area contributed by atoms with Crippen LogP contribution in [0.25, 0.3) is 22.4 Å². The van der Waals surface area contributed by atoms with Gasteiger partial charge in [-0.25, -0.2) is 9.37 Å². The highest BCUT2D eigenvalue weighted by Gasteiger charge is 2.10. The maximum absolute atomic E-state index is 13.6. The number of para-hydroxylation sites is 2. The zero-order valence-electron chi connectivity index (χ0n) is 9.87. The number of aromatic nitrogens is 2. The van der Waals surface area contributed by atoms with E-state index in [0.29, 0.717) is 16.9 Å². The predicted molar refractivity (Wildman–Crippen MR) is 71.0 cm³/mol. The highest BCUT2D eigenvalue weighted by molar-refractivity contribution is 5.83. The molecule has 0 aliphatic rings. The van der Waals surface area contributed by atoms with E-state index >= 15 is 0 Å². The van der Waals surface area contributed by atoms with Gasteiger partial charge in [0.25, 0.3) is 0 Å². The predicted octanol–water partition coefficient (Wildman–Crippen LogP) is 3.41. The number of benzene rings is 2. The second-order valence-electron chi connectivity index (χ2n) is 4.02. The molecule has 0 atom stereocenters. The summed E-state index contributed by atoms with van der Waals surface area (Å²) in [6.07, 6.45) is 0. The highest BCUT2D eigenvalue weighted by atomic mass is 19.1. The minimum absolute atomic E-state index is 0.308. The number of hydrogen-bond donors (Lipinski definition) is 2. The summed E-state index contributed by atoms with van der Waals surface area (Å²) in [6.45, 7) is 0. The van der Waals surface area contributed by atoms with Crippen molar-refractivity contribution in [1.82, 2.24) is 9.97 Å². The second kappa shape index (κ2) is 4.14. The SMILES string of the molecule is CNc1ccccc1-c1nc2c(F)cccc2[nH]1. The van der Waals surface area contributed by atoms with Crippen LogP contribution in [0.4, 0.5) is 10.1 Å². The van der Waals surface area contributed by atoms with E-state index in [9.17, 15) is 4.39 Å². The number of imidazole rings is 1. The molecule has 0 aliphatic carbocycles. The van der Waals surface area contributed by atoms with E-state index in [2.05, 4.69) is 15.3 Å². The molecular formula is C14H12FN3. The Morgan fingerprint density at radius 3 is 2.72 bits per heavy atom. The third-order valence-corrected chi connectivity index (χ3v) is 2.91. The number of H-pyrrole nitrogens is 1. The minimum atomic E-state index is -0.308. The van der Waals surface area contributed by atoms with Gasteiger partial charge in [-0.2, -0.15) is 0 Å². The van der Waals surface area contributed by atoms with Gasteiger partial charge >= 0.3 is 0 Å². The first kappa shape index (κ1) is 10.8. The minimum Gasteiger partial charge on any atom is -0.388 e. The van der Waals surface area contributed by atoms with Gasteiger partial charge in [-0.3, -0.25) is 0 Å². The first-order valence-electron chi connectivity index (χ1n) is 5.71. The molecule has 0 bridgehead atoms. The molecule has 3 aromatic rings. The van der Waals surface area contributed by atoms with Gasteiger partial charge in [0.15, 0.2) is 5.82 Å². The molecule has 0 unspecified atom stereocenters. The third kappa shape index (κ3) is 1.62. The van der Waals surface area contributed by atoms with Crippen molar-refractivity contribution in [3.05, 3.63) is 48.3 Å². The Morgan fingerprint density at radius 2 is 1.94 bits per heavy atom. The van der Waals surface area contributed by atoms with Gasteiger partial charge in [-0.15, -0.1) is 0 Å². The summed E-state index contributed by atoms with van der Waals surface area (Å²) in [6, 6.07) is 12.7. The highest BCUT2D eigenvalue weighted by Crippen LogP contribution is 2.27. The molecule has 3 nitrogen and oxygen atoms in total. The van der Waals surface area contributed by atoms with E-state index in [4.69, 9.17) is 0 Å². The van der Waals surface area contributed by atoms with Crippen LogP contribution in [0.3, 0.4) is 0 Å². The van der Waals surface area contributed by atoms with Crippen LogP contribution >= 0.6 is 0 Å². The zero-order valence-corrected chi connectivity index (χ0v) is 9.87. The Bertz CT molecular complexity index is 703. The maximum atomic E-state index is 13.6. The molecule has 1 aromatic heterocycles. The van der Waals surface area contributed by atoms with Crippen LogP contribution in [0.5, 0.6) is 0 Å². The van der Waals surface area contributed by atoms with Crippen LogP contribution in [0.1, 0.15) is 0 Å². The smallest absolute Gasteiger partial charge is 0.151 e. The standard InChI is InChI=1S/C14H12FN3/c1-16-11-7-3-2-5-9(11)14-17-12-8-4-6-10(15)13(12)18-14/h2-8,16H,1H3,(H,17,18). The van der Waals surface area contributed by atoms with E-state index in [1.807, 2.05) is 37.4 Å². The summed E-state index contributed by atoms with van der Waals surface area (Å²) in [5, 5.41) is 3.10. The van der Waals surface area contributed by atoms with E-state index in [0.717, 1.165) is 11.3 Å². The Kier molecular flexibility index (Phi) is 2.48. The Hall–Kier alpha value is -2.36. The van der Waals surface area contributed by atoms with Crippen LogP contribution in [0.2, 0.25) is 0 Å². The molecule has 90 valence electrons. The van der Waals surface area contributed by atoms with Gasteiger partial charge in [0.2, 0.25) is 0 Å². The number of halogens is 1. The Balaban J connectivity index is 2.23. The quantitative estimate of drug-likeness (QED) is 0.721. The largest absolute Gasteiger partial charge is 0.388 e. The molecule has 0 fully saturated rings. The van der Waals surface area contributed by atoms with Gasteiger partial charge in [-0.1, -0.05) is 18.2 Å². The van der Waals surface area contributed by atoms with Gasteiger partial charge in [0.1, 0.15) is 11.3 Å². The Morgan fingerprint density at radius 1 is 1.11 bits per heavy atom. The fraction of sp³-hybridized carbons (Fsp3) is 0.0714. The van der Waals surface area contributed by atoms with Gasteiger partial charge in [-0.05, 0) is 24.3 Å². The van der Waals surface area contributed by atoms with E-state index in [1.54, 1.807) is 6.07 Å². The van der Waals surface area contributed by atoms with E-state index in [1.165, 1.54) is 6.07 Å². The molecule has 0 radical (unpaired) electrons. The number of rotatable bonds is 2. The Labute approximate surface area is 104 Å². The molecule has 3 rings (SSSR count). The molecule has 0 saturated heterocycles. The van der Waals surface area contributed by atoms with Crippen LogP contribution in [-0.2, 0) is 0 Å². The van der Waals surface area contributed by atoms with Crippen molar-refractivity contribution in [1.29, 1.82) is 0 Å². The average Bonchev–Trinajstić information content (AvgIpc) is 2.84. The molecule has 0 spiro atoms. The van der Waals surface area contributed by atoms with Crippen LogP contribution in [-0.4, -0.2) is 17.0 Å². The lowest BCUT2D eigenvalue weighted by Gasteiger charge is -2.05. The normalized spacial score (nSPS) is 10.8. The average molecular weight is 241 g/mol. The lowest BCUT2D eigenvalue weighted by Crippen LogP contribution is -1.92. The van der Waals surface area contributed by atoms with E-state index < -0.39 is 0 Å². The summed E-state index contributed by atoms with van der Waals surface area (Å²) in [4.78, 5) is 7.46. The van der Waals surface area contributed by atoms with Crippen LogP contribution in [0.15, 0.2) is 42.5 Å². The third-order valence-electron chi connectivity index (χ3n) is 2.91. The van der Waals surface area contributed by atoms with Crippen molar-refractivity contribution >= 4 is 16.7 Å². The number of anilines is 1. The van der Waals surface area contributed by atoms with Crippen molar-refractivity contribution in [2.75, 3.05) is 12.4 Å². The van der Waals surface area contributed by atoms with Gasteiger partial charge in [0.05, 0.1) is 5.52 Å².